The van der Waals surface area contributed by atoms with Crippen LogP contribution in [-0.4, -0.2) is 51.5 Å². The highest BCUT2D eigenvalue weighted by atomic mass is 16.3. The first kappa shape index (κ1) is 17.8. The molecule has 0 saturated carbocycles. The minimum atomic E-state index is -0.538. The summed E-state index contributed by atoms with van der Waals surface area (Å²) in [5.74, 6) is -0.399. The fraction of sp³-hybridized carbons (Fsp3) is 0.300. The molecule has 6 nitrogen and oxygen atoms in total. The van der Waals surface area contributed by atoms with Gasteiger partial charge in [-0.15, -0.1) is 0 Å². The van der Waals surface area contributed by atoms with E-state index in [0.717, 1.165) is 12.0 Å². The average Bonchev–Trinajstić information content (AvgIpc) is 3.10. The van der Waals surface area contributed by atoms with E-state index < -0.39 is 6.04 Å². The summed E-state index contributed by atoms with van der Waals surface area (Å²) >= 11 is 0. The van der Waals surface area contributed by atoms with Gasteiger partial charge in [-0.2, -0.15) is 0 Å². The average molecular weight is 354 g/mol. The third-order valence-electron chi connectivity index (χ3n) is 4.64. The number of aromatic hydroxyl groups is 2. The first-order valence-electron chi connectivity index (χ1n) is 8.59. The van der Waals surface area contributed by atoms with Gasteiger partial charge in [-0.05, 0) is 42.7 Å². The molecule has 1 unspecified atom stereocenters. The lowest BCUT2D eigenvalue weighted by Gasteiger charge is -2.28. The molecule has 1 aliphatic heterocycles. The highest BCUT2D eigenvalue weighted by Crippen LogP contribution is 2.25. The Labute approximate surface area is 152 Å². The maximum Gasteiger partial charge on any atom is 0.258 e. The lowest BCUT2D eigenvalue weighted by atomic mass is 10.1. The Balaban J connectivity index is 1.73. The summed E-state index contributed by atoms with van der Waals surface area (Å²) in [6, 6.07) is 12.6. The normalized spacial score (nSPS) is 16.5. The summed E-state index contributed by atoms with van der Waals surface area (Å²) < 4.78 is 0. The van der Waals surface area contributed by atoms with Crippen LogP contribution in [0.4, 0.5) is 0 Å². The maximum atomic E-state index is 12.9. The molecule has 2 amide bonds. The van der Waals surface area contributed by atoms with Crippen LogP contribution in [0.1, 0.15) is 28.8 Å². The quantitative estimate of drug-likeness (QED) is 0.883. The van der Waals surface area contributed by atoms with Gasteiger partial charge in [0, 0.05) is 20.1 Å². The number of nitrogens with zero attached hydrogens (tertiary/aromatic N) is 2. The van der Waals surface area contributed by atoms with Gasteiger partial charge in [-0.3, -0.25) is 9.59 Å². The molecule has 3 rings (SSSR count). The molecule has 1 fully saturated rings. The second-order valence-electron chi connectivity index (χ2n) is 6.54. The van der Waals surface area contributed by atoms with Crippen molar-refractivity contribution >= 4 is 11.8 Å². The topological polar surface area (TPSA) is 81.1 Å². The number of phenols is 2. The summed E-state index contributed by atoms with van der Waals surface area (Å²) in [6.07, 6.45) is 1.35. The number of carbonyl (C=O) groups excluding carboxylic acids is 2. The smallest absolute Gasteiger partial charge is 0.258 e. The molecule has 0 radical (unpaired) electrons. The third kappa shape index (κ3) is 3.64. The molecule has 2 N–H and O–H groups in total. The zero-order chi connectivity index (χ0) is 18.7. The van der Waals surface area contributed by atoms with Crippen LogP contribution in [0.5, 0.6) is 11.5 Å². The van der Waals surface area contributed by atoms with Gasteiger partial charge < -0.3 is 20.0 Å². The number of phenolic OH excluding ortho intramolecular Hbond substituents is 2. The predicted molar refractivity (Wildman–Crippen MR) is 96.7 cm³/mol. The first-order valence-corrected chi connectivity index (χ1v) is 8.59. The van der Waals surface area contributed by atoms with Crippen molar-refractivity contribution in [3.63, 3.8) is 0 Å². The molecule has 0 aromatic heterocycles. The minimum absolute atomic E-state index is 0.0799. The molecule has 0 bridgehead atoms. The number of hydrogen-bond acceptors (Lipinski definition) is 4. The molecule has 0 spiro atoms. The van der Waals surface area contributed by atoms with E-state index in [1.165, 1.54) is 11.0 Å². The van der Waals surface area contributed by atoms with Gasteiger partial charge in [0.15, 0.2) is 0 Å². The number of para-hydroxylation sites is 1. The Morgan fingerprint density at radius 2 is 1.92 bits per heavy atom. The second-order valence-corrected chi connectivity index (χ2v) is 6.54. The number of amides is 2. The van der Waals surface area contributed by atoms with E-state index in [0.29, 0.717) is 19.5 Å². The second kappa shape index (κ2) is 7.47. The van der Waals surface area contributed by atoms with Crippen LogP contribution >= 0.6 is 0 Å². The summed E-state index contributed by atoms with van der Waals surface area (Å²) in [5.41, 5.74) is 1.03. The van der Waals surface area contributed by atoms with E-state index in [1.807, 2.05) is 6.07 Å². The molecule has 136 valence electrons. The molecule has 26 heavy (non-hydrogen) atoms. The number of rotatable bonds is 4. The summed E-state index contributed by atoms with van der Waals surface area (Å²) in [7, 11) is 1.69. The van der Waals surface area contributed by atoms with Gasteiger partial charge in [0.2, 0.25) is 5.91 Å². The lowest BCUT2D eigenvalue weighted by Crippen LogP contribution is -2.46. The molecule has 2 aromatic rings. The van der Waals surface area contributed by atoms with Crippen LogP contribution in [-0.2, 0) is 11.3 Å². The first-order chi connectivity index (χ1) is 12.5. The molecular formula is C20H22N2O4. The van der Waals surface area contributed by atoms with Crippen molar-refractivity contribution < 1.29 is 19.8 Å². The molecule has 1 saturated heterocycles. The van der Waals surface area contributed by atoms with Crippen LogP contribution in [0.25, 0.3) is 0 Å². The van der Waals surface area contributed by atoms with E-state index >= 15 is 0 Å². The predicted octanol–water partition coefficient (Wildman–Crippen LogP) is 2.36. The Morgan fingerprint density at radius 1 is 1.15 bits per heavy atom. The molecule has 6 heteroatoms. The highest BCUT2D eigenvalue weighted by Gasteiger charge is 2.36. The van der Waals surface area contributed by atoms with E-state index in [1.54, 1.807) is 48.3 Å². The summed E-state index contributed by atoms with van der Waals surface area (Å²) in [5, 5.41) is 19.5. The number of likely N-dealkylation sites (tertiary alicyclic amines) is 1. The van der Waals surface area contributed by atoms with Crippen LogP contribution < -0.4 is 0 Å². The lowest BCUT2D eigenvalue weighted by molar-refractivity contribution is -0.134. The monoisotopic (exact) mass is 354 g/mol. The Bertz CT molecular complexity index is 821. The molecule has 2 aromatic carbocycles. The van der Waals surface area contributed by atoms with Crippen LogP contribution in [0.2, 0.25) is 0 Å². The molecule has 1 aliphatic rings. The van der Waals surface area contributed by atoms with Gasteiger partial charge in [-0.25, -0.2) is 0 Å². The molecule has 0 aliphatic carbocycles. The van der Waals surface area contributed by atoms with Crippen LogP contribution in [0.3, 0.4) is 0 Å². The third-order valence-corrected chi connectivity index (χ3v) is 4.64. The zero-order valence-corrected chi connectivity index (χ0v) is 14.6. The molecule has 1 atom stereocenters. The van der Waals surface area contributed by atoms with Crippen molar-refractivity contribution in [2.45, 2.75) is 25.4 Å². The van der Waals surface area contributed by atoms with Gasteiger partial charge >= 0.3 is 0 Å². The van der Waals surface area contributed by atoms with Crippen LogP contribution in [0, 0.1) is 0 Å². The van der Waals surface area contributed by atoms with E-state index in [4.69, 9.17) is 0 Å². The Morgan fingerprint density at radius 3 is 2.65 bits per heavy atom. The zero-order valence-electron chi connectivity index (χ0n) is 14.6. The highest BCUT2D eigenvalue weighted by molar-refractivity contribution is 5.99. The standard InChI is InChI=1S/C20H22N2O4/c1-21(13-14-6-4-7-15(23)12-14)20(26)17-9-5-11-22(17)19(25)16-8-2-3-10-18(16)24/h2-4,6-8,10,12,17,23-24H,5,9,11,13H2,1H3. The maximum absolute atomic E-state index is 12.9. The molecular weight excluding hydrogens is 332 g/mol. The van der Waals surface area contributed by atoms with Crippen LogP contribution in [0.15, 0.2) is 48.5 Å². The number of hydrogen-bond donors (Lipinski definition) is 2. The van der Waals surface area contributed by atoms with Gasteiger partial charge in [0.05, 0.1) is 5.56 Å². The Hall–Kier alpha value is -3.02. The van der Waals surface area contributed by atoms with Crippen molar-refractivity contribution in [2.75, 3.05) is 13.6 Å². The van der Waals surface area contributed by atoms with E-state index in [9.17, 15) is 19.8 Å². The van der Waals surface area contributed by atoms with Crippen molar-refractivity contribution in [3.05, 3.63) is 59.7 Å². The molecule has 1 heterocycles. The SMILES string of the molecule is CN(Cc1cccc(O)c1)C(=O)C1CCCN1C(=O)c1ccccc1O. The fourth-order valence-corrected chi connectivity index (χ4v) is 3.34. The Kier molecular flexibility index (Phi) is 5.11. The van der Waals surface area contributed by atoms with Gasteiger partial charge in [-0.1, -0.05) is 24.3 Å². The van der Waals surface area contributed by atoms with E-state index in [-0.39, 0.29) is 28.9 Å². The summed E-state index contributed by atoms with van der Waals surface area (Å²) in [4.78, 5) is 28.7. The van der Waals surface area contributed by atoms with E-state index in [2.05, 4.69) is 0 Å². The largest absolute Gasteiger partial charge is 0.508 e. The fourth-order valence-electron chi connectivity index (χ4n) is 3.34. The number of carbonyl (C=O) groups is 2. The van der Waals surface area contributed by atoms with Gasteiger partial charge in [0.1, 0.15) is 17.5 Å². The van der Waals surface area contributed by atoms with Crippen molar-refractivity contribution in [1.29, 1.82) is 0 Å². The van der Waals surface area contributed by atoms with Gasteiger partial charge in [0.25, 0.3) is 5.91 Å². The van der Waals surface area contributed by atoms with Crippen molar-refractivity contribution in [3.8, 4) is 11.5 Å². The minimum Gasteiger partial charge on any atom is -0.508 e. The van der Waals surface area contributed by atoms with Crippen molar-refractivity contribution in [1.82, 2.24) is 9.80 Å². The number of benzene rings is 2. The van der Waals surface area contributed by atoms with Crippen molar-refractivity contribution in [2.24, 2.45) is 0 Å². The summed E-state index contributed by atoms with van der Waals surface area (Å²) in [6.45, 7) is 0.839. The number of likely N-dealkylation sites (N-methyl/N-ethyl adjacent to an activating group) is 1.